The number of nitrogens with zero attached hydrogens (tertiary/aromatic N) is 3. The predicted molar refractivity (Wildman–Crippen MR) is 126 cm³/mol. The number of benzene rings is 1. The van der Waals surface area contributed by atoms with Crippen molar-refractivity contribution in [2.45, 2.75) is 12.2 Å². The van der Waals surface area contributed by atoms with Crippen LogP contribution in [0.4, 0.5) is 19.0 Å². The van der Waals surface area contributed by atoms with Gasteiger partial charge in [-0.2, -0.15) is 13.2 Å². The van der Waals surface area contributed by atoms with Crippen LogP contribution in [0.5, 0.6) is 0 Å². The molecule has 0 bridgehead atoms. The minimum Gasteiger partial charge on any atom is -0.506 e. The number of Topliss-reactive ketones (excluding diaryl/α,β-unsaturated/α-hetero) is 1. The first-order chi connectivity index (χ1) is 17.9. The van der Waals surface area contributed by atoms with Crippen LogP contribution in [0, 0.1) is 11.8 Å². The van der Waals surface area contributed by atoms with Gasteiger partial charge in [-0.1, -0.05) is 35.9 Å². The Labute approximate surface area is 216 Å². The summed E-state index contributed by atoms with van der Waals surface area (Å²) in [6.07, 6.45) is -4.07. The van der Waals surface area contributed by atoms with E-state index in [0.29, 0.717) is 12.3 Å². The van der Waals surface area contributed by atoms with Crippen LogP contribution in [0.2, 0.25) is 5.02 Å². The number of aliphatic carboxylic acids is 1. The molecule has 0 radical (unpaired) electrons. The molecule has 1 aromatic carbocycles. The number of ketones is 1. The van der Waals surface area contributed by atoms with Gasteiger partial charge in [0.15, 0.2) is 11.8 Å². The fourth-order valence-corrected chi connectivity index (χ4v) is 5.06. The third kappa shape index (κ3) is 3.90. The van der Waals surface area contributed by atoms with Gasteiger partial charge in [0.25, 0.3) is 0 Å². The molecule has 1 saturated heterocycles. The molecule has 2 amide bonds. The number of halogens is 4. The molecule has 3 N–H and O–H groups in total. The second-order valence-corrected chi connectivity index (χ2v) is 9.11. The van der Waals surface area contributed by atoms with Crippen LogP contribution in [-0.4, -0.2) is 68.5 Å². The maximum atomic E-state index is 13.3. The fourth-order valence-electron chi connectivity index (χ4n) is 4.83. The standard InChI is InChI=1S/C24H16ClF3N4O6/c25-12-7-9(24(26,27)28)8-30-20(12)29-5-6-32-21(35)13-14(22(32)36)17(23(37)38)31-16(13)15-18(33)10-3-1-2-4-11(10)19(15)34/h1-4,7-8,13-14,17,33H,5-6H2,(H,29,30)(H,37,38)/t13-,14+,17-/m0/s1. The van der Waals surface area contributed by atoms with Crippen molar-refractivity contribution in [2.75, 3.05) is 18.4 Å². The molecule has 2 aromatic rings. The molecule has 2 aliphatic heterocycles. The molecular weight excluding hydrogens is 533 g/mol. The molecule has 14 heteroatoms. The molecule has 1 aliphatic carbocycles. The van der Waals surface area contributed by atoms with E-state index in [0.717, 1.165) is 4.90 Å². The van der Waals surface area contributed by atoms with Gasteiger partial charge in [0.05, 0.1) is 33.7 Å². The summed E-state index contributed by atoms with van der Waals surface area (Å²) < 4.78 is 38.5. The number of allylic oxidation sites excluding steroid dienone is 1. The SMILES string of the molecule is O=C1C(C2=N[C@H](C(=O)O)[C@@H]3C(=O)N(CCNc4ncc(C(F)(F)F)cc4Cl)C(=O)[C@H]23)=C(O)c2ccccc21. The molecule has 196 valence electrons. The van der Waals surface area contributed by atoms with E-state index < -0.39 is 58.9 Å². The average molecular weight is 549 g/mol. The summed E-state index contributed by atoms with van der Waals surface area (Å²) in [6.45, 7) is -0.472. The number of alkyl halides is 3. The molecule has 3 aliphatic rings. The molecule has 3 heterocycles. The van der Waals surface area contributed by atoms with Gasteiger partial charge in [0.1, 0.15) is 11.6 Å². The lowest BCUT2D eigenvalue weighted by atomic mass is 9.85. The maximum absolute atomic E-state index is 13.3. The molecule has 5 rings (SSSR count). The number of aliphatic hydroxyl groups excluding tert-OH is 1. The number of rotatable bonds is 6. The molecule has 1 fully saturated rings. The molecule has 1 aromatic heterocycles. The summed E-state index contributed by atoms with van der Waals surface area (Å²) >= 11 is 5.86. The number of carbonyl (C=O) groups is 4. The molecule has 3 atom stereocenters. The fraction of sp³-hybridized carbons (Fsp3) is 0.250. The highest BCUT2D eigenvalue weighted by molar-refractivity contribution is 6.40. The number of aromatic nitrogens is 1. The summed E-state index contributed by atoms with van der Waals surface area (Å²) in [6, 6.07) is 5.11. The zero-order valence-electron chi connectivity index (χ0n) is 19.0. The van der Waals surface area contributed by atoms with Crippen molar-refractivity contribution >= 4 is 52.5 Å². The highest BCUT2D eigenvalue weighted by Gasteiger charge is 2.60. The van der Waals surface area contributed by atoms with Crippen LogP contribution in [0.3, 0.4) is 0 Å². The van der Waals surface area contributed by atoms with E-state index in [4.69, 9.17) is 11.6 Å². The van der Waals surface area contributed by atoms with E-state index in [-0.39, 0.29) is 46.3 Å². The first kappa shape index (κ1) is 25.4. The van der Waals surface area contributed by atoms with E-state index in [9.17, 15) is 42.6 Å². The number of amides is 2. The van der Waals surface area contributed by atoms with Crippen molar-refractivity contribution in [1.29, 1.82) is 0 Å². The molecule has 38 heavy (non-hydrogen) atoms. The van der Waals surface area contributed by atoms with Crippen LogP contribution in [0.15, 0.2) is 47.1 Å². The van der Waals surface area contributed by atoms with E-state index in [2.05, 4.69) is 15.3 Å². The van der Waals surface area contributed by atoms with Gasteiger partial charge >= 0.3 is 12.1 Å². The summed E-state index contributed by atoms with van der Waals surface area (Å²) in [5, 5.41) is 22.7. The van der Waals surface area contributed by atoms with Crippen LogP contribution in [-0.2, 0) is 20.6 Å². The number of pyridine rings is 1. The molecule has 0 unspecified atom stereocenters. The van der Waals surface area contributed by atoms with Crippen molar-refractivity contribution in [3.8, 4) is 0 Å². The first-order valence-corrected chi connectivity index (χ1v) is 11.5. The number of nitrogens with one attached hydrogen (secondary N) is 1. The van der Waals surface area contributed by atoms with Gasteiger partial charge in [0.2, 0.25) is 11.8 Å². The Bertz CT molecular complexity index is 1490. The van der Waals surface area contributed by atoms with Crippen molar-refractivity contribution in [3.05, 3.63) is 63.8 Å². The van der Waals surface area contributed by atoms with Gasteiger partial charge in [-0.3, -0.25) is 24.3 Å². The smallest absolute Gasteiger partial charge is 0.417 e. The Hall–Kier alpha value is -4.26. The normalized spacial score (nSPS) is 22.6. The lowest BCUT2D eigenvalue weighted by Gasteiger charge is -2.18. The minimum atomic E-state index is -4.65. The molecule has 10 nitrogen and oxygen atoms in total. The highest BCUT2D eigenvalue weighted by Crippen LogP contribution is 2.43. The summed E-state index contributed by atoms with van der Waals surface area (Å²) in [7, 11) is 0. The lowest BCUT2D eigenvalue weighted by Crippen LogP contribution is -2.38. The number of imide groups is 1. The Kier molecular flexibility index (Phi) is 5.97. The van der Waals surface area contributed by atoms with E-state index in [1.807, 2.05) is 0 Å². The lowest BCUT2D eigenvalue weighted by molar-refractivity contribution is -0.145. The van der Waals surface area contributed by atoms with Crippen LogP contribution in [0.1, 0.15) is 21.5 Å². The van der Waals surface area contributed by atoms with Crippen LogP contribution < -0.4 is 5.32 Å². The Morgan fingerprint density at radius 1 is 1.13 bits per heavy atom. The van der Waals surface area contributed by atoms with Crippen LogP contribution in [0.25, 0.3) is 5.76 Å². The molecule has 0 spiro atoms. The predicted octanol–water partition coefficient (Wildman–Crippen LogP) is 2.84. The maximum Gasteiger partial charge on any atom is 0.417 e. The summed E-state index contributed by atoms with van der Waals surface area (Å²) in [5.41, 5.74) is -1.31. The molecule has 0 saturated carbocycles. The zero-order chi connectivity index (χ0) is 27.5. The second kappa shape index (κ2) is 8.94. The highest BCUT2D eigenvalue weighted by atomic mass is 35.5. The van der Waals surface area contributed by atoms with E-state index in [1.165, 1.54) is 12.1 Å². The number of aliphatic hydroxyl groups is 1. The molecular formula is C24H16ClF3N4O6. The number of carboxylic acid groups (broad SMARTS) is 1. The first-order valence-electron chi connectivity index (χ1n) is 11.1. The van der Waals surface area contributed by atoms with Crippen molar-refractivity contribution in [2.24, 2.45) is 16.8 Å². The van der Waals surface area contributed by atoms with Gasteiger partial charge in [-0.05, 0) is 6.07 Å². The minimum absolute atomic E-state index is 0.117. The number of aliphatic imine (C=N–C) groups is 1. The monoisotopic (exact) mass is 548 g/mol. The van der Waals surface area contributed by atoms with Gasteiger partial charge in [-0.15, -0.1) is 0 Å². The zero-order valence-corrected chi connectivity index (χ0v) is 19.7. The van der Waals surface area contributed by atoms with Crippen molar-refractivity contribution in [1.82, 2.24) is 9.88 Å². The second-order valence-electron chi connectivity index (χ2n) is 8.71. The summed E-state index contributed by atoms with van der Waals surface area (Å²) in [4.78, 5) is 59.8. The third-order valence-electron chi connectivity index (χ3n) is 6.55. The number of likely N-dealkylation sites (tertiary alicyclic amines) is 1. The van der Waals surface area contributed by atoms with E-state index in [1.54, 1.807) is 12.1 Å². The van der Waals surface area contributed by atoms with Gasteiger partial charge in [0, 0.05) is 30.4 Å². The Balaban J connectivity index is 1.38. The van der Waals surface area contributed by atoms with Gasteiger partial charge < -0.3 is 15.5 Å². The number of hydrogen-bond donors (Lipinski definition) is 3. The summed E-state index contributed by atoms with van der Waals surface area (Å²) in [5.74, 6) is -7.22. The number of carbonyl (C=O) groups excluding carboxylic acids is 3. The quantitative estimate of drug-likeness (QED) is 0.467. The third-order valence-corrected chi connectivity index (χ3v) is 6.84. The number of carboxylic acids is 1. The average Bonchev–Trinajstić information content (AvgIpc) is 3.45. The van der Waals surface area contributed by atoms with Crippen molar-refractivity contribution < 1.29 is 42.6 Å². The Morgan fingerprint density at radius 2 is 1.82 bits per heavy atom. The number of fused-ring (bicyclic) bond motifs is 2. The number of anilines is 1. The van der Waals surface area contributed by atoms with Gasteiger partial charge in [-0.25, -0.2) is 9.78 Å². The largest absolute Gasteiger partial charge is 0.506 e. The van der Waals surface area contributed by atoms with E-state index >= 15 is 0 Å². The topological polar surface area (TPSA) is 149 Å². The van der Waals surface area contributed by atoms with Crippen LogP contribution >= 0.6 is 11.6 Å². The van der Waals surface area contributed by atoms with Crippen molar-refractivity contribution in [3.63, 3.8) is 0 Å². The number of hydrogen-bond acceptors (Lipinski definition) is 8. The Morgan fingerprint density at radius 3 is 2.42 bits per heavy atom.